The van der Waals surface area contributed by atoms with E-state index < -0.39 is 0 Å². The molecule has 0 aliphatic carbocycles. The summed E-state index contributed by atoms with van der Waals surface area (Å²) in [4.78, 5) is 11.5. The van der Waals surface area contributed by atoms with Gasteiger partial charge in [0.15, 0.2) is 5.78 Å². The molecule has 1 atom stereocenters. The van der Waals surface area contributed by atoms with E-state index in [1.165, 1.54) is 39.2 Å². The van der Waals surface area contributed by atoms with Gasteiger partial charge >= 0.3 is 0 Å². The lowest BCUT2D eigenvalue weighted by atomic mass is 9.95. The Morgan fingerprint density at radius 3 is 1.92 bits per heavy atom. The number of ether oxygens (including phenoxy) is 1. The number of ketones is 1. The Labute approximate surface area is 252 Å². The molecule has 0 saturated carbocycles. The van der Waals surface area contributed by atoms with Gasteiger partial charge in [-0.2, -0.15) is 0 Å². The minimum Gasteiger partial charge on any atom is -0.381 e. The van der Waals surface area contributed by atoms with Gasteiger partial charge in [-0.3, -0.25) is 4.79 Å². The average Bonchev–Trinajstić information content (AvgIpc) is 2.93. The molecule has 39 heavy (non-hydrogen) atoms. The summed E-state index contributed by atoms with van der Waals surface area (Å²) in [5, 5.41) is 0. The number of hydrogen-bond donors (Lipinski definition) is 0. The Morgan fingerprint density at radius 1 is 1.03 bits per heavy atom. The lowest BCUT2D eigenvalue weighted by Gasteiger charge is -2.09. The summed E-state index contributed by atoms with van der Waals surface area (Å²) >= 11 is 3.48. The van der Waals surface area contributed by atoms with Gasteiger partial charge in [0.2, 0.25) is 0 Å². The SMILES string of the molecule is C#CC.C=CC(=O)C(CC)CC/C=C\C(=C/C)CCC.CC.CCCOCCC.Cc1cc(C)c(Br)cc1C. The molecule has 0 fully saturated rings. The van der Waals surface area contributed by atoms with Crippen LogP contribution >= 0.6 is 15.9 Å². The summed E-state index contributed by atoms with van der Waals surface area (Å²) in [6.45, 7) is 28.0. The van der Waals surface area contributed by atoms with Crippen LogP contribution in [0.4, 0.5) is 0 Å². The number of benzene rings is 1. The van der Waals surface area contributed by atoms with Crippen molar-refractivity contribution in [2.75, 3.05) is 13.2 Å². The summed E-state index contributed by atoms with van der Waals surface area (Å²) in [5.41, 5.74) is 5.40. The summed E-state index contributed by atoms with van der Waals surface area (Å²) in [7, 11) is 0. The third-order valence-electron chi connectivity index (χ3n) is 5.49. The van der Waals surface area contributed by atoms with Crippen molar-refractivity contribution in [3.63, 3.8) is 0 Å². The second-order valence-corrected chi connectivity index (χ2v) is 9.75. The van der Waals surface area contributed by atoms with Crippen LogP contribution in [0.2, 0.25) is 0 Å². The minimum absolute atomic E-state index is 0.150. The number of carbonyl (C=O) groups excluding carboxylic acids is 1. The number of halogens is 1. The molecule has 3 heteroatoms. The zero-order valence-electron chi connectivity index (χ0n) is 27.4. The molecule has 0 amide bonds. The van der Waals surface area contributed by atoms with Gasteiger partial charge in [0.1, 0.15) is 0 Å². The molecule has 1 aromatic rings. The van der Waals surface area contributed by atoms with Gasteiger partial charge in [-0.25, -0.2) is 0 Å². The number of terminal acetylenes is 1. The molecular weight excluding hydrogens is 544 g/mol. The van der Waals surface area contributed by atoms with Crippen molar-refractivity contribution in [2.24, 2.45) is 5.92 Å². The maximum atomic E-state index is 11.5. The highest BCUT2D eigenvalue weighted by Gasteiger charge is 2.11. The Morgan fingerprint density at radius 2 is 1.54 bits per heavy atom. The fraction of sp³-hybridized carbons (Fsp3) is 0.583. The molecule has 0 aliphatic rings. The van der Waals surface area contributed by atoms with Gasteiger partial charge < -0.3 is 4.74 Å². The fourth-order valence-electron chi connectivity index (χ4n) is 3.17. The van der Waals surface area contributed by atoms with Crippen LogP contribution in [0.15, 0.2) is 53.1 Å². The molecule has 0 saturated heterocycles. The molecule has 0 N–H and O–H groups in total. The van der Waals surface area contributed by atoms with Crippen molar-refractivity contribution in [1.29, 1.82) is 0 Å². The van der Waals surface area contributed by atoms with Crippen LogP contribution in [0.3, 0.4) is 0 Å². The highest BCUT2D eigenvalue weighted by Crippen LogP contribution is 2.20. The van der Waals surface area contributed by atoms with Gasteiger partial charge in [0.25, 0.3) is 0 Å². The molecule has 224 valence electrons. The quantitative estimate of drug-likeness (QED) is 0.0968. The number of aryl methyl sites for hydroxylation is 3. The first kappa shape index (κ1) is 44.1. The first-order chi connectivity index (χ1) is 18.6. The number of hydrogen-bond acceptors (Lipinski definition) is 2. The van der Waals surface area contributed by atoms with E-state index in [0.717, 1.165) is 51.7 Å². The third kappa shape index (κ3) is 28.9. The van der Waals surface area contributed by atoms with Gasteiger partial charge in [-0.15, -0.1) is 12.3 Å². The third-order valence-corrected chi connectivity index (χ3v) is 6.35. The smallest absolute Gasteiger partial charge is 0.158 e. The van der Waals surface area contributed by atoms with E-state index in [2.05, 4.69) is 121 Å². The van der Waals surface area contributed by atoms with Crippen LogP contribution in [0, 0.1) is 39.0 Å². The summed E-state index contributed by atoms with van der Waals surface area (Å²) in [5.74, 6) is 2.58. The van der Waals surface area contributed by atoms with Gasteiger partial charge in [0.05, 0.1) is 0 Å². The maximum Gasteiger partial charge on any atom is 0.158 e. The predicted octanol–water partition coefficient (Wildman–Crippen LogP) is 11.7. The van der Waals surface area contributed by atoms with Crippen molar-refractivity contribution in [2.45, 2.75) is 121 Å². The lowest BCUT2D eigenvalue weighted by Crippen LogP contribution is -2.10. The molecule has 1 aromatic carbocycles. The van der Waals surface area contributed by atoms with E-state index in [-0.39, 0.29) is 11.7 Å². The van der Waals surface area contributed by atoms with Crippen LogP contribution in [0.25, 0.3) is 0 Å². The van der Waals surface area contributed by atoms with Gasteiger partial charge in [-0.05, 0) is 102 Å². The van der Waals surface area contributed by atoms with Gasteiger partial charge in [0, 0.05) is 23.6 Å². The summed E-state index contributed by atoms with van der Waals surface area (Å²) in [6, 6.07) is 4.35. The molecule has 0 aliphatic heterocycles. The maximum absolute atomic E-state index is 11.5. The number of rotatable bonds is 13. The van der Waals surface area contributed by atoms with E-state index in [1.807, 2.05) is 13.8 Å². The average molecular weight is 606 g/mol. The normalized spacial score (nSPS) is 10.7. The Hall–Kier alpha value is -1.89. The van der Waals surface area contributed by atoms with Crippen LogP contribution < -0.4 is 0 Å². The molecule has 0 spiro atoms. The first-order valence-corrected chi connectivity index (χ1v) is 15.6. The van der Waals surface area contributed by atoms with Crippen LogP contribution in [0.1, 0.15) is 117 Å². The van der Waals surface area contributed by atoms with Crippen LogP contribution in [0.5, 0.6) is 0 Å². The highest BCUT2D eigenvalue weighted by molar-refractivity contribution is 9.10. The Kier molecular flexibility index (Phi) is 38.6. The van der Waals surface area contributed by atoms with Crippen LogP contribution in [-0.4, -0.2) is 19.0 Å². The molecule has 0 bridgehead atoms. The van der Waals surface area contributed by atoms with Crippen molar-refractivity contribution in [3.05, 3.63) is 69.8 Å². The Bertz CT molecular complexity index is 758. The lowest BCUT2D eigenvalue weighted by molar-refractivity contribution is -0.118. The first-order valence-electron chi connectivity index (χ1n) is 14.8. The predicted molar refractivity (Wildman–Crippen MR) is 182 cm³/mol. The van der Waals surface area contributed by atoms with Crippen molar-refractivity contribution >= 4 is 21.7 Å². The van der Waals surface area contributed by atoms with E-state index in [4.69, 9.17) is 4.74 Å². The number of allylic oxidation sites excluding steroid dienone is 5. The highest BCUT2D eigenvalue weighted by atomic mass is 79.9. The monoisotopic (exact) mass is 604 g/mol. The summed E-state index contributed by atoms with van der Waals surface area (Å²) in [6.07, 6.45) is 20.0. The van der Waals surface area contributed by atoms with Crippen molar-refractivity contribution < 1.29 is 9.53 Å². The second-order valence-electron chi connectivity index (χ2n) is 8.89. The number of carbonyl (C=O) groups is 1. The zero-order valence-corrected chi connectivity index (χ0v) is 29.0. The van der Waals surface area contributed by atoms with E-state index in [0.29, 0.717) is 0 Å². The standard InChI is InChI=1S/C16H26O.C9H11Br.C6H14O.C3H4.C2H6/c1-5-11-14(6-2)12-9-10-13-15(7-3)16(17)8-4;1-6-4-8(3)9(10)5-7(6)2;1-3-5-7-6-4-2;1-3-2;1-2/h6,8-9,12,15H,4-5,7,10-11,13H2,1-3H3;4-5H,1-3H3;3-6H2,1-2H3;1H,2H3;1-2H3/b12-9-,14-6-;;;;. The molecule has 2 nitrogen and oxygen atoms in total. The molecule has 0 heterocycles. The minimum atomic E-state index is 0.150. The second kappa shape index (κ2) is 34.1. The fourth-order valence-corrected chi connectivity index (χ4v) is 3.63. The Balaban J connectivity index is -0.000000235. The molecule has 0 radical (unpaired) electrons. The van der Waals surface area contributed by atoms with Gasteiger partial charge in [-0.1, -0.05) is 100 Å². The molecule has 1 rings (SSSR count). The van der Waals surface area contributed by atoms with Crippen molar-refractivity contribution in [3.8, 4) is 12.3 Å². The topological polar surface area (TPSA) is 26.3 Å². The largest absolute Gasteiger partial charge is 0.381 e. The van der Waals surface area contributed by atoms with E-state index >= 15 is 0 Å². The summed E-state index contributed by atoms with van der Waals surface area (Å²) < 4.78 is 6.34. The molecular formula is C36H61BrO2. The molecule has 0 aromatic heterocycles. The van der Waals surface area contributed by atoms with Crippen molar-refractivity contribution in [1.82, 2.24) is 0 Å². The van der Waals surface area contributed by atoms with E-state index in [1.54, 1.807) is 6.92 Å². The van der Waals surface area contributed by atoms with E-state index in [9.17, 15) is 4.79 Å². The zero-order chi connectivity index (χ0) is 31.1. The molecule has 1 unspecified atom stereocenters. The van der Waals surface area contributed by atoms with Crippen LogP contribution in [-0.2, 0) is 9.53 Å².